The maximum Gasteiger partial charge on any atom is 0.416 e. The number of carbonyl (C=O) groups excluding carboxylic acids is 1. The van der Waals surface area contributed by atoms with Crippen LogP contribution in [0.15, 0.2) is 24.3 Å². The number of alkyl halides is 3. The fourth-order valence-corrected chi connectivity index (χ4v) is 3.22. The van der Waals surface area contributed by atoms with Gasteiger partial charge in [-0.15, -0.1) is 0 Å². The van der Waals surface area contributed by atoms with Crippen LogP contribution in [-0.4, -0.2) is 41.8 Å². The predicted octanol–water partition coefficient (Wildman–Crippen LogP) is 2.86. The predicted molar refractivity (Wildman–Crippen MR) is 89.3 cm³/mol. The highest BCUT2D eigenvalue weighted by Gasteiger charge is 2.66. The van der Waals surface area contributed by atoms with Gasteiger partial charge in [-0.25, -0.2) is 4.79 Å². The van der Waals surface area contributed by atoms with Gasteiger partial charge in [-0.2, -0.15) is 13.2 Å². The highest BCUT2D eigenvalue weighted by atomic mass is 19.4. The molecule has 0 radical (unpaired) electrons. The Hall–Kier alpha value is -2.29. The number of hydrogen-bond acceptors (Lipinski definition) is 4. The van der Waals surface area contributed by atoms with Gasteiger partial charge in [0, 0.05) is 18.4 Å². The molecule has 0 saturated heterocycles. The van der Waals surface area contributed by atoms with Crippen molar-refractivity contribution in [3.05, 3.63) is 29.8 Å². The molecule has 1 saturated carbocycles. The van der Waals surface area contributed by atoms with E-state index in [1.165, 1.54) is 6.07 Å². The second-order valence-electron chi connectivity index (χ2n) is 6.94. The van der Waals surface area contributed by atoms with Crippen LogP contribution in [0.1, 0.15) is 32.8 Å². The molecule has 150 valence electrons. The van der Waals surface area contributed by atoms with Gasteiger partial charge >= 0.3 is 12.1 Å². The lowest BCUT2D eigenvalue weighted by atomic mass is 9.54. The molecule has 0 aliphatic heterocycles. The summed E-state index contributed by atoms with van der Waals surface area (Å²) in [5.41, 5.74) is -3.29. The van der Waals surface area contributed by atoms with Crippen molar-refractivity contribution in [2.75, 3.05) is 13.2 Å². The lowest BCUT2D eigenvalue weighted by Crippen LogP contribution is -2.76. The third kappa shape index (κ3) is 4.02. The van der Waals surface area contributed by atoms with Crippen molar-refractivity contribution in [1.29, 1.82) is 0 Å². The first kappa shape index (κ1) is 21.0. The SMILES string of the molecule is CCOC1CC(NC(=O)COc2cccc(C(F)(F)F)c2)(C(=O)O)C1(C)C. The van der Waals surface area contributed by atoms with Gasteiger partial charge in [0.1, 0.15) is 11.3 Å². The van der Waals surface area contributed by atoms with Gasteiger partial charge in [-0.05, 0) is 25.1 Å². The summed E-state index contributed by atoms with van der Waals surface area (Å²) in [6, 6.07) is 4.11. The molecule has 0 bridgehead atoms. The van der Waals surface area contributed by atoms with Crippen LogP contribution in [0.2, 0.25) is 0 Å². The largest absolute Gasteiger partial charge is 0.484 e. The number of amides is 1. The number of nitrogens with one attached hydrogen (secondary N) is 1. The molecule has 2 rings (SSSR count). The Morgan fingerprint density at radius 3 is 2.52 bits per heavy atom. The normalized spacial score (nSPS) is 24.0. The van der Waals surface area contributed by atoms with Crippen LogP contribution in [0.4, 0.5) is 13.2 Å². The van der Waals surface area contributed by atoms with E-state index in [1.807, 2.05) is 0 Å². The average molecular weight is 389 g/mol. The van der Waals surface area contributed by atoms with E-state index in [9.17, 15) is 27.9 Å². The van der Waals surface area contributed by atoms with Crippen molar-refractivity contribution >= 4 is 11.9 Å². The molecule has 0 spiro atoms. The van der Waals surface area contributed by atoms with Crippen molar-refractivity contribution in [2.45, 2.75) is 45.0 Å². The van der Waals surface area contributed by atoms with Crippen molar-refractivity contribution in [3.63, 3.8) is 0 Å². The quantitative estimate of drug-likeness (QED) is 0.749. The molecule has 1 amide bonds. The first-order valence-corrected chi connectivity index (χ1v) is 8.40. The second kappa shape index (κ2) is 7.38. The Balaban J connectivity index is 2.03. The summed E-state index contributed by atoms with van der Waals surface area (Å²) in [6.07, 6.45) is -4.76. The Kier molecular flexibility index (Phi) is 5.74. The Morgan fingerprint density at radius 1 is 1.33 bits per heavy atom. The smallest absolute Gasteiger partial charge is 0.416 e. The van der Waals surface area contributed by atoms with Gasteiger partial charge in [-0.3, -0.25) is 4.79 Å². The van der Waals surface area contributed by atoms with E-state index < -0.39 is 41.2 Å². The first-order chi connectivity index (χ1) is 12.4. The monoisotopic (exact) mass is 389 g/mol. The van der Waals surface area contributed by atoms with E-state index >= 15 is 0 Å². The summed E-state index contributed by atoms with van der Waals surface area (Å²) in [5, 5.41) is 12.1. The number of aliphatic carboxylic acids is 1. The lowest BCUT2D eigenvalue weighted by Gasteiger charge is -2.58. The van der Waals surface area contributed by atoms with Gasteiger partial charge in [0.25, 0.3) is 5.91 Å². The fourth-order valence-electron chi connectivity index (χ4n) is 3.22. The summed E-state index contributed by atoms with van der Waals surface area (Å²) >= 11 is 0. The molecule has 9 heteroatoms. The molecule has 2 atom stereocenters. The number of hydrogen-bond donors (Lipinski definition) is 2. The molecule has 1 aliphatic rings. The van der Waals surface area contributed by atoms with Crippen molar-refractivity contribution in [3.8, 4) is 5.75 Å². The van der Waals surface area contributed by atoms with E-state index in [-0.39, 0.29) is 18.3 Å². The molecular formula is C18H22F3NO5. The summed E-state index contributed by atoms with van der Waals surface area (Å²) in [6.45, 7) is 4.96. The zero-order valence-corrected chi connectivity index (χ0v) is 15.2. The average Bonchev–Trinajstić information content (AvgIpc) is 2.58. The van der Waals surface area contributed by atoms with Gasteiger partial charge in [0.05, 0.1) is 11.7 Å². The molecule has 6 nitrogen and oxygen atoms in total. The molecule has 1 aromatic rings. The van der Waals surface area contributed by atoms with Gasteiger partial charge in [0.2, 0.25) is 0 Å². The van der Waals surface area contributed by atoms with Crippen LogP contribution in [0, 0.1) is 5.41 Å². The van der Waals surface area contributed by atoms with E-state index in [0.717, 1.165) is 18.2 Å². The minimum atomic E-state index is -4.53. The topological polar surface area (TPSA) is 84.9 Å². The zero-order valence-electron chi connectivity index (χ0n) is 15.2. The third-order valence-electron chi connectivity index (χ3n) is 5.01. The molecule has 0 aromatic heterocycles. The van der Waals surface area contributed by atoms with Crippen LogP contribution < -0.4 is 10.1 Å². The number of carbonyl (C=O) groups is 2. The molecule has 27 heavy (non-hydrogen) atoms. The number of halogens is 3. The first-order valence-electron chi connectivity index (χ1n) is 8.40. The number of ether oxygens (including phenoxy) is 2. The maximum atomic E-state index is 12.7. The highest BCUT2D eigenvalue weighted by Crippen LogP contribution is 2.51. The number of carboxylic acid groups (broad SMARTS) is 1. The van der Waals surface area contributed by atoms with Crippen LogP contribution >= 0.6 is 0 Å². The maximum absolute atomic E-state index is 12.7. The Morgan fingerprint density at radius 2 is 2.00 bits per heavy atom. The minimum absolute atomic E-state index is 0.0957. The highest BCUT2D eigenvalue weighted by molar-refractivity contribution is 5.90. The van der Waals surface area contributed by atoms with E-state index in [2.05, 4.69) is 5.32 Å². The molecule has 1 aliphatic carbocycles. The van der Waals surface area contributed by atoms with Crippen molar-refractivity contribution in [2.24, 2.45) is 5.41 Å². The number of rotatable bonds is 7. The van der Waals surface area contributed by atoms with E-state index in [4.69, 9.17) is 9.47 Å². The number of carboxylic acids is 1. The minimum Gasteiger partial charge on any atom is -0.484 e. The molecule has 2 unspecified atom stereocenters. The Labute approximate surface area is 154 Å². The lowest BCUT2D eigenvalue weighted by molar-refractivity contribution is -0.194. The molecule has 1 fully saturated rings. The number of benzene rings is 1. The molecular weight excluding hydrogens is 367 g/mol. The Bertz CT molecular complexity index is 719. The summed E-state index contributed by atoms with van der Waals surface area (Å²) in [4.78, 5) is 24.0. The fraction of sp³-hybridized carbons (Fsp3) is 0.556. The zero-order chi connectivity index (χ0) is 20.5. The summed E-state index contributed by atoms with van der Waals surface area (Å²) in [5.74, 6) is -2.07. The standard InChI is InChI=1S/C18H22F3NO5/c1-4-26-13-9-17(15(24)25,16(13,2)3)22-14(23)10-27-12-7-5-6-11(8-12)18(19,20)21/h5-8,13H,4,9-10H2,1-3H3,(H,22,23)(H,24,25). The summed E-state index contributed by atoms with van der Waals surface area (Å²) < 4.78 is 48.7. The van der Waals surface area contributed by atoms with Gasteiger partial charge < -0.3 is 19.9 Å². The molecule has 2 N–H and O–H groups in total. The van der Waals surface area contributed by atoms with Gasteiger partial charge in [0.15, 0.2) is 6.61 Å². The van der Waals surface area contributed by atoms with Crippen molar-refractivity contribution in [1.82, 2.24) is 5.32 Å². The van der Waals surface area contributed by atoms with E-state index in [1.54, 1.807) is 20.8 Å². The van der Waals surface area contributed by atoms with Crippen molar-refractivity contribution < 1.29 is 37.3 Å². The van der Waals surface area contributed by atoms with E-state index in [0.29, 0.717) is 6.61 Å². The van der Waals surface area contributed by atoms with Crippen LogP contribution in [0.25, 0.3) is 0 Å². The molecule has 1 aromatic carbocycles. The van der Waals surface area contributed by atoms with Gasteiger partial charge in [-0.1, -0.05) is 19.9 Å². The third-order valence-corrected chi connectivity index (χ3v) is 5.01. The van der Waals surface area contributed by atoms with Crippen LogP contribution in [0.5, 0.6) is 5.75 Å². The molecule has 0 heterocycles. The second-order valence-corrected chi connectivity index (χ2v) is 6.94. The summed E-state index contributed by atoms with van der Waals surface area (Å²) in [7, 11) is 0. The van der Waals surface area contributed by atoms with Crippen LogP contribution in [0.3, 0.4) is 0 Å². The van der Waals surface area contributed by atoms with Crippen LogP contribution in [-0.2, 0) is 20.5 Å².